The summed E-state index contributed by atoms with van der Waals surface area (Å²) in [6.07, 6.45) is 10.7. The second-order valence-electron chi connectivity index (χ2n) is 5.89. The Kier molecular flexibility index (Phi) is 9.19. The fourth-order valence-corrected chi connectivity index (χ4v) is 3.30. The van der Waals surface area contributed by atoms with E-state index in [0.717, 1.165) is 19.0 Å². The molecule has 0 saturated heterocycles. The van der Waals surface area contributed by atoms with Gasteiger partial charge in [-0.2, -0.15) is 0 Å². The van der Waals surface area contributed by atoms with Crippen LogP contribution in [0.1, 0.15) is 65.2 Å². The first-order valence-corrected chi connectivity index (χ1v) is 8.39. The standard InChI is InChI=1S/C17H34N2/c1-4-8-15(10-6-7-12-18-3)17-14-19-13-11-16(17)9-5-2/h15,18-19H,4-14H2,1-3H3. The molecular formula is C17H34N2. The number of rotatable bonds is 10. The minimum atomic E-state index is 0.844. The van der Waals surface area contributed by atoms with Gasteiger partial charge in [0.25, 0.3) is 0 Å². The molecule has 1 unspecified atom stereocenters. The van der Waals surface area contributed by atoms with Gasteiger partial charge in [-0.15, -0.1) is 0 Å². The molecule has 0 fully saturated rings. The van der Waals surface area contributed by atoms with Crippen molar-refractivity contribution in [3.05, 3.63) is 11.1 Å². The number of hydrogen-bond donors (Lipinski definition) is 2. The second kappa shape index (κ2) is 10.4. The summed E-state index contributed by atoms with van der Waals surface area (Å²) in [5, 5.41) is 6.85. The lowest BCUT2D eigenvalue weighted by Crippen LogP contribution is -2.29. The average Bonchev–Trinajstić information content (AvgIpc) is 2.43. The highest BCUT2D eigenvalue weighted by atomic mass is 14.9. The molecule has 0 aromatic carbocycles. The summed E-state index contributed by atoms with van der Waals surface area (Å²) < 4.78 is 0. The van der Waals surface area contributed by atoms with Crippen LogP contribution in [-0.2, 0) is 0 Å². The van der Waals surface area contributed by atoms with Crippen molar-refractivity contribution >= 4 is 0 Å². The molecule has 0 bridgehead atoms. The molecular weight excluding hydrogens is 232 g/mol. The molecule has 1 aliphatic heterocycles. The molecule has 1 rings (SSSR count). The molecule has 1 atom stereocenters. The van der Waals surface area contributed by atoms with Crippen LogP contribution in [0.2, 0.25) is 0 Å². The van der Waals surface area contributed by atoms with Crippen LogP contribution >= 0.6 is 0 Å². The van der Waals surface area contributed by atoms with Gasteiger partial charge < -0.3 is 10.6 Å². The Labute approximate surface area is 120 Å². The molecule has 0 saturated carbocycles. The Hall–Kier alpha value is -0.340. The summed E-state index contributed by atoms with van der Waals surface area (Å²) in [5.74, 6) is 0.844. The predicted molar refractivity (Wildman–Crippen MR) is 85.6 cm³/mol. The highest BCUT2D eigenvalue weighted by Crippen LogP contribution is 2.30. The first-order chi connectivity index (χ1) is 9.33. The van der Waals surface area contributed by atoms with E-state index in [0.29, 0.717) is 0 Å². The fourth-order valence-electron chi connectivity index (χ4n) is 3.30. The van der Waals surface area contributed by atoms with Crippen LogP contribution in [0.25, 0.3) is 0 Å². The summed E-state index contributed by atoms with van der Waals surface area (Å²) in [7, 11) is 2.05. The van der Waals surface area contributed by atoms with E-state index in [4.69, 9.17) is 0 Å². The molecule has 0 amide bonds. The van der Waals surface area contributed by atoms with Crippen LogP contribution in [0, 0.1) is 5.92 Å². The molecule has 112 valence electrons. The molecule has 0 aromatic heterocycles. The number of nitrogens with one attached hydrogen (secondary N) is 2. The molecule has 0 aliphatic carbocycles. The van der Waals surface area contributed by atoms with Crippen molar-refractivity contribution < 1.29 is 0 Å². The van der Waals surface area contributed by atoms with Gasteiger partial charge in [0.1, 0.15) is 0 Å². The summed E-state index contributed by atoms with van der Waals surface area (Å²) in [4.78, 5) is 0. The lowest BCUT2D eigenvalue weighted by Gasteiger charge is -2.28. The van der Waals surface area contributed by atoms with Gasteiger partial charge in [0.15, 0.2) is 0 Å². The molecule has 0 spiro atoms. The SMILES string of the molecule is CCCC1=C(C(CCC)CCCCNC)CNCC1. The lowest BCUT2D eigenvalue weighted by atomic mass is 9.83. The van der Waals surface area contributed by atoms with E-state index in [2.05, 4.69) is 31.5 Å². The summed E-state index contributed by atoms with van der Waals surface area (Å²) in [6, 6.07) is 0. The van der Waals surface area contributed by atoms with Gasteiger partial charge in [-0.3, -0.25) is 0 Å². The van der Waals surface area contributed by atoms with Crippen molar-refractivity contribution in [1.29, 1.82) is 0 Å². The van der Waals surface area contributed by atoms with Gasteiger partial charge in [0.2, 0.25) is 0 Å². The maximum Gasteiger partial charge on any atom is 0.0170 e. The number of unbranched alkanes of at least 4 members (excludes halogenated alkanes) is 1. The Balaban J connectivity index is 2.60. The summed E-state index contributed by atoms with van der Waals surface area (Å²) in [5.41, 5.74) is 3.56. The maximum absolute atomic E-state index is 3.59. The van der Waals surface area contributed by atoms with E-state index < -0.39 is 0 Å². The highest BCUT2D eigenvalue weighted by Gasteiger charge is 2.19. The molecule has 19 heavy (non-hydrogen) atoms. The average molecular weight is 266 g/mol. The second-order valence-corrected chi connectivity index (χ2v) is 5.89. The van der Waals surface area contributed by atoms with Crippen LogP contribution in [-0.4, -0.2) is 26.7 Å². The van der Waals surface area contributed by atoms with Gasteiger partial charge in [0, 0.05) is 6.54 Å². The molecule has 2 N–H and O–H groups in total. The van der Waals surface area contributed by atoms with E-state index in [9.17, 15) is 0 Å². The van der Waals surface area contributed by atoms with E-state index in [1.807, 2.05) is 0 Å². The van der Waals surface area contributed by atoms with E-state index in [1.165, 1.54) is 57.9 Å². The van der Waals surface area contributed by atoms with Crippen LogP contribution in [0.5, 0.6) is 0 Å². The van der Waals surface area contributed by atoms with Gasteiger partial charge >= 0.3 is 0 Å². The summed E-state index contributed by atoms with van der Waals surface area (Å²) >= 11 is 0. The monoisotopic (exact) mass is 266 g/mol. The Morgan fingerprint density at radius 3 is 2.68 bits per heavy atom. The molecule has 0 radical (unpaired) electrons. The smallest absolute Gasteiger partial charge is 0.0170 e. The third kappa shape index (κ3) is 6.09. The van der Waals surface area contributed by atoms with Gasteiger partial charge in [-0.05, 0) is 58.2 Å². The van der Waals surface area contributed by atoms with Crippen molar-refractivity contribution in [2.45, 2.75) is 65.2 Å². The zero-order chi connectivity index (χ0) is 13.9. The first kappa shape index (κ1) is 16.7. The van der Waals surface area contributed by atoms with Crippen molar-refractivity contribution in [3.8, 4) is 0 Å². The third-order valence-corrected chi connectivity index (χ3v) is 4.28. The molecule has 1 heterocycles. The third-order valence-electron chi connectivity index (χ3n) is 4.28. The zero-order valence-corrected chi connectivity index (χ0v) is 13.4. The van der Waals surface area contributed by atoms with Crippen LogP contribution in [0.4, 0.5) is 0 Å². The van der Waals surface area contributed by atoms with Crippen molar-refractivity contribution in [1.82, 2.24) is 10.6 Å². The zero-order valence-electron chi connectivity index (χ0n) is 13.4. The molecule has 2 heteroatoms. The maximum atomic E-state index is 3.59. The normalized spacial score (nSPS) is 17.8. The predicted octanol–water partition coefficient (Wildman–Crippen LogP) is 3.88. The first-order valence-electron chi connectivity index (χ1n) is 8.39. The minimum Gasteiger partial charge on any atom is -0.320 e. The van der Waals surface area contributed by atoms with Gasteiger partial charge in [0.05, 0.1) is 0 Å². The highest BCUT2D eigenvalue weighted by molar-refractivity contribution is 5.21. The van der Waals surface area contributed by atoms with Crippen LogP contribution in [0.15, 0.2) is 11.1 Å². The van der Waals surface area contributed by atoms with Gasteiger partial charge in [-0.1, -0.05) is 44.3 Å². The van der Waals surface area contributed by atoms with Crippen molar-refractivity contribution in [3.63, 3.8) is 0 Å². The number of hydrogen-bond acceptors (Lipinski definition) is 2. The molecule has 1 aliphatic rings. The summed E-state index contributed by atoms with van der Waals surface area (Å²) in [6.45, 7) is 8.16. The fraction of sp³-hybridized carbons (Fsp3) is 0.882. The largest absolute Gasteiger partial charge is 0.320 e. The Morgan fingerprint density at radius 1 is 1.16 bits per heavy atom. The van der Waals surface area contributed by atoms with E-state index >= 15 is 0 Å². The molecule has 0 aromatic rings. The van der Waals surface area contributed by atoms with Crippen molar-refractivity contribution in [2.24, 2.45) is 5.92 Å². The Morgan fingerprint density at radius 2 is 2.00 bits per heavy atom. The minimum absolute atomic E-state index is 0.844. The van der Waals surface area contributed by atoms with E-state index in [-0.39, 0.29) is 0 Å². The topological polar surface area (TPSA) is 24.1 Å². The van der Waals surface area contributed by atoms with Gasteiger partial charge in [-0.25, -0.2) is 0 Å². The molecule has 2 nitrogen and oxygen atoms in total. The van der Waals surface area contributed by atoms with Crippen LogP contribution in [0.3, 0.4) is 0 Å². The van der Waals surface area contributed by atoms with E-state index in [1.54, 1.807) is 11.1 Å². The van der Waals surface area contributed by atoms with Crippen molar-refractivity contribution in [2.75, 3.05) is 26.7 Å². The lowest BCUT2D eigenvalue weighted by molar-refractivity contribution is 0.448. The quantitative estimate of drug-likeness (QED) is 0.463. The Bertz CT molecular complexity index is 258. The van der Waals surface area contributed by atoms with Crippen LogP contribution < -0.4 is 10.6 Å².